The van der Waals surface area contributed by atoms with Crippen molar-refractivity contribution < 1.29 is 13.2 Å². The van der Waals surface area contributed by atoms with Crippen molar-refractivity contribution in [1.29, 1.82) is 10.5 Å². The van der Waals surface area contributed by atoms with Crippen LogP contribution in [-0.4, -0.2) is 9.13 Å². The number of halogens is 3. The zero-order chi connectivity index (χ0) is 43.0. The first-order valence-electron chi connectivity index (χ1n) is 20.3. The molecule has 7 heteroatoms. The largest absolute Gasteiger partial charge is 0.416 e. The molecule has 0 unspecified atom stereocenters. The van der Waals surface area contributed by atoms with Crippen LogP contribution >= 0.6 is 0 Å². The summed E-state index contributed by atoms with van der Waals surface area (Å²) in [6.45, 7) is 8.27. The van der Waals surface area contributed by atoms with E-state index in [1.807, 2.05) is 54.6 Å². The molecule has 0 amide bonds. The summed E-state index contributed by atoms with van der Waals surface area (Å²) < 4.78 is 48.7. The number of alkyl halides is 3. The highest BCUT2D eigenvalue weighted by Gasteiger charge is 2.33. The van der Waals surface area contributed by atoms with Gasteiger partial charge in [-0.25, -0.2) is 0 Å². The maximum Gasteiger partial charge on any atom is 0.416 e. The normalized spacial score (nSPS) is 11.8. The molecule has 0 aliphatic carbocycles. The number of para-hydroxylation sites is 2. The van der Waals surface area contributed by atoms with E-state index in [1.54, 1.807) is 12.1 Å². The summed E-state index contributed by atoms with van der Waals surface area (Å²) in [5.74, 6) is 0. The number of fused-ring (bicyclic) bond motifs is 6. The van der Waals surface area contributed by atoms with Crippen LogP contribution in [0, 0.1) is 50.4 Å². The van der Waals surface area contributed by atoms with Gasteiger partial charge in [0.2, 0.25) is 0 Å². The van der Waals surface area contributed by atoms with Gasteiger partial charge in [0.25, 0.3) is 0 Å². The van der Waals surface area contributed by atoms with Crippen LogP contribution in [0.15, 0.2) is 152 Å². The highest BCUT2D eigenvalue weighted by molar-refractivity contribution is 6.13. The maximum atomic E-state index is 14.9. The Hall–Kier alpha value is -7.87. The lowest BCUT2D eigenvalue weighted by Gasteiger charge is -2.22. The molecule has 298 valence electrons. The van der Waals surface area contributed by atoms with Crippen LogP contribution in [0.5, 0.6) is 0 Å². The molecular formula is C55H37F3N4. The zero-order valence-corrected chi connectivity index (χ0v) is 34.4. The van der Waals surface area contributed by atoms with Crippen molar-refractivity contribution >= 4 is 43.6 Å². The molecule has 0 fully saturated rings. The lowest BCUT2D eigenvalue weighted by atomic mass is 9.94. The van der Waals surface area contributed by atoms with Crippen molar-refractivity contribution in [2.75, 3.05) is 0 Å². The first-order chi connectivity index (χ1) is 29.9. The number of nitriles is 2. The van der Waals surface area contributed by atoms with E-state index in [4.69, 9.17) is 0 Å². The molecule has 0 saturated carbocycles. The number of benzene rings is 8. The van der Waals surface area contributed by atoms with E-state index in [2.05, 4.69) is 116 Å². The van der Waals surface area contributed by atoms with Gasteiger partial charge in [0.15, 0.2) is 0 Å². The third-order valence-corrected chi connectivity index (χ3v) is 11.8. The molecule has 2 aromatic heterocycles. The van der Waals surface area contributed by atoms with E-state index >= 15 is 0 Å². The Kier molecular flexibility index (Phi) is 8.91. The minimum atomic E-state index is -4.74. The van der Waals surface area contributed by atoms with Crippen molar-refractivity contribution in [3.8, 4) is 56.9 Å². The molecule has 10 rings (SSSR count). The molecule has 4 nitrogen and oxygen atoms in total. The van der Waals surface area contributed by atoms with E-state index in [0.29, 0.717) is 22.5 Å². The minimum absolute atomic E-state index is 0.130. The third-order valence-electron chi connectivity index (χ3n) is 11.8. The van der Waals surface area contributed by atoms with Crippen LogP contribution in [-0.2, 0) is 6.18 Å². The van der Waals surface area contributed by atoms with Crippen LogP contribution in [0.1, 0.15) is 38.9 Å². The van der Waals surface area contributed by atoms with Crippen LogP contribution in [0.25, 0.3) is 88.4 Å². The summed E-state index contributed by atoms with van der Waals surface area (Å²) in [5, 5.41) is 24.9. The fourth-order valence-electron chi connectivity index (χ4n) is 9.43. The van der Waals surface area contributed by atoms with Gasteiger partial charge in [-0.05, 0) is 110 Å². The number of aryl methyl sites for hydroxylation is 4. The van der Waals surface area contributed by atoms with E-state index in [9.17, 15) is 23.7 Å². The molecule has 0 spiro atoms. The van der Waals surface area contributed by atoms with Gasteiger partial charge in [0, 0.05) is 27.1 Å². The fourth-order valence-corrected chi connectivity index (χ4v) is 9.43. The Balaban J connectivity index is 1.39. The molecule has 2 heterocycles. The van der Waals surface area contributed by atoms with Gasteiger partial charge in [-0.15, -0.1) is 0 Å². The maximum absolute atomic E-state index is 14.9. The van der Waals surface area contributed by atoms with Gasteiger partial charge in [-0.3, -0.25) is 0 Å². The second-order valence-corrected chi connectivity index (χ2v) is 16.3. The number of hydrogen-bond acceptors (Lipinski definition) is 2. The quantitative estimate of drug-likeness (QED) is 0.174. The van der Waals surface area contributed by atoms with Crippen molar-refractivity contribution in [2.24, 2.45) is 0 Å². The molecule has 0 saturated heterocycles. The summed E-state index contributed by atoms with van der Waals surface area (Å²) in [7, 11) is 0. The summed E-state index contributed by atoms with van der Waals surface area (Å²) in [6, 6.07) is 52.8. The molecule has 8 aromatic carbocycles. The molecule has 0 aliphatic rings. The smallest absolute Gasteiger partial charge is 0.308 e. The van der Waals surface area contributed by atoms with Crippen LogP contribution in [0.3, 0.4) is 0 Å². The second-order valence-electron chi connectivity index (χ2n) is 16.3. The summed E-state index contributed by atoms with van der Waals surface area (Å²) in [4.78, 5) is 0. The highest BCUT2D eigenvalue weighted by Crippen LogP contribution is 2.45. The SMILES string of the molecule is Cc1cc(C)cc(-c2ccc3c4ccccc4n(-c4cc(C#N)cc(-n5c6ccccc6c6ccc(-c7cc(C)cc(C)c7)cc65)c4-c4cc(C#N)cc(C(F)(F)F)c4)c3c2)c1. The third kappa shape index (κ3) is 6.38. The average Bonchev–Trinajstić information content (AvgIpc) is 3.76. The Morgan fingerprint density at radius 2 is 0.823 bits per heavy atom. The van der Waals surface area contributed by atoms with Crippen LogP contribution < -0.4 is 0 Å². The lowest BCUT2D eigenvalue weighted by molar-refractivity contribution is -0.137. The first kappa shape index (κ1) is 38.3. The van der Waals surface area contributed by atoms with Gasteiger partial charge >= 0.3 is 6.18 Å². The Morgan fingerprint density at radius 1 is 0.403 bits per heavy atom. The topological polar surface area (TPSA) is 57.4 Å². The number of rotatable bonds is 5. The van der Waals surface area contributed by atoms with Crippen molar-refractivity contribution in [3.05, 3.63) is 191 Å². The molecular weight excluding hydrogens is 774 g/mol. The molecule has 62 heavy (non-hydrogen) atoms. The van der Waals surface area contributed by atoms with Crippen LogP contribution in [0.4, 0.5) is 13.2 Å². The van der Waals surface area contributed by atoms with E-state index in [1.165, 1.54) is 6.07 Å². The fraction of sp³-hybridized carbons (Fsp3) is 0.0909. The standard InChI is InChI=1S/C55H37F3N4/c1-32-17-33(2)20-40(19-32)38-13-15-46-44-9-5-7-11-48(44)61(50(46)28-38)52-25-37(31-60)26-53(54(52)42-23-36(30-59)24-43(27-42)55(56,57)58)62-49-12-8-6-10-45(49)47-16-14-39(29-51(47)62)41-21-34(3)18-35(4)22-41/h5-29H,1-4H3. The zero-order valence-electron chi connectivity index (χ0n) is 34.4. The average molecular weight is 811 g/mol. The predicted molar refractivity (Wildman–Crippen MR) is 245 cm³/mol. The number of nitrogens with zero attached hydrogens (tertiary/aromatic N) is 4. The van der Waals surface area contributed by atoms with Gasteiger partial charge in [-0.2, -0.15) is 23.7 Å². The monoisotopic (exact) mass is 810 g/mol. The second kappa shape index (κ2) is 14.4. The van der Waals surface area contributed by atoms with Crippen molar-refractivity contribution in [2.45, 2.75) is 33.9 Å². The van der Waals surface area contributed by atoms with Gasteiger partial charge in [0.1, 0.15) is 0 Å². The molecule has 0 radical (unpaired) electrons. The van der Waals surface area contributed by atoms with Crippen molar-refractivity contribution in [1.82, 2.24) is 9.13 Å². The lowest BCUT2D eigenvalue weighted by Crippen LogP contribution is -2.08. The highest BCUT2D eigenvalue weighted by atomic mass is 19.4. The van der Waals surface area contributed by atoms with Gasteiger partial charge in [0.05, 0.1) is 62.3 Å². The van der Waals surface area contributed by atoms with Gasteiger partial charge < -0.3 is 9.13 Å². The molecule has 0 aliphatic heterocycles. The Labute approximate surface area is 356 Å². The van der Waals surface area contributed by atoms with Crippen LogP contribution in [0.2, 0.25) is 0 Å². The first-order valence-corrected chi connectivity index (χ1v) is 20.3. The molecule has 0 atom stereocenters. The number of hydrogen-bond donors (Lipinski definition) is 0. The number of aromatic nitrogens is 2. The Bertz CT molecular complexity index is 3360. The summed E-state index contributed by atoms with van der Waals surface area (Å²) in [6.07, 6.45) is -4.74. The Morgan fingerprint density at radius 3 is 1.26 bits per heavy atom. The van der Waals surface area contributed by atoms with E-state index < -0.39 is 11.7 Å². The van der Waals surface area contributed by atoms with E-state index in [-0.39, 0.29) is 11.1 Å². The summed E-state index contributed by atoms with van der Waals surface area (Å²) in [5.41, 5.74) is 12.7. The van der Waals surface area contributed by atoms with Gasteiger partial charge in [-0.1, -0.05) is 119 Å². The van der Waals surface area contributed by atoms with Crippen molar-refractivity contribution in [3.63, 3.8) is 0 Å². The molecule has 0 bridgehead atoms. The minimum Gasteiger partial charge on any atom is -0.308 e. The van der Waals surface area contributed by atoms with E-state index in [0.717, 1.165) is 100 Å². The predicted octanol–water partition coefficient (Wildman–Crippen LogP) is 14.9. The molecule has 10 aromatic rings. The summed E-state index contributed by atoms with van der Waals surface area (Å²) >= 11 is 0. The molecule has 0 N–H and O–H groups in total.